The molecular formula is C19H15FN2O2. The molecule has 0 spiro atoms. The van der Waals surface area contributed by atoms with E-state index < -0.39 is 0 Å². The molecule has 0 atom stereocenters. The summed E-state index contributed by atoms with van der Waals surface area (Å²) in [5, 5.41) is 0. The average molecular weight is 322 g/mol. The Morgan fingerprint density at radius 2 is 1.92 bits per heavy atom. The Morgan fingerprint density at radius 1 is 1.12 bits per heavy atom. The fourth-order valence-corrected chi connectivity index (χ4v) is 2.98. The third-order valence-corrected chi connectivity index (χ3v) is 4.17. The van der Waals surface area contributed by atoms with Gasteiger partial charge in [0, 0.05) is 17.8 Å². The summed E-state index contributed by atoms with van der Waals surface area (Å²) in [4.78, 5) is 18.6. The summed E-state index contributed by atoms with van der Waals surface area (Å²) in [5.74, 6) is -0.0790. The highest BCUT2D eigenvalue weighted by atomic mass is 19.1. The second-order valence-corrected chi connectivity index (χ2v) is 5.73. The zero-order chi connectivity index (χ0) is 16.5. The first kappa shape index (κ1) is 14.6. The van der Waals surface area contributed by atoms with Crippen LogP contribution in [0.2, 0.25) is 0 Å². The normalized spacial score (nSPS) is 13.6. The molecular weight excluding hydrogens is 307 g/mol. The van der Waals surface area contributed by atoms with E-state index in [4.69, 9.17) is 4.42 Å². The fourth-order valence-electron chi connectivity index (χ4n) is 2.98. The Labute approximate surface area is 138 Å². The summed E-state index contributed by atoms with van der Waals surface area (Å²) in [6.07, 6.45) is 3.37. The second kappa shape index (κ2) is 5.92. The minimum absolute atomic E-state index is 0.0472. The smallest absolute Gasteiger partial charge is 0.314 e. The lowest BCUT2D eigenvalue weighted by Crippen LogP contribution is -2.35. The lowest BCUT2D eigenvalue weighted by atomic mass is 10.0. The van der Waals surface area contributed by atoms with E-state index in [1.807, 2.05) is 24.3 Å². The highest BCUT2D eigenvalue weighted by Crippen LogP contribution is 2.29. The van der Waals surface area contributed by atoms with Crippen LogP contribution in [0.3, 0.4) is 0 Å². The van der Waals surface area contributed by atoms with E-state index in [0.29, 0.717) is 17.9 Å². The lowest BCUT2D eigenvalue weighted by molar-refractivity contribution is 0.0952. The van der Waals surface area contributed by atoms with Crippen LogP contribution in [0.4, 0.5) is 10.1 Å². The number of hydrogen-bond donors (Lipinski definition) is 0. The van der Waals surface area contributed by atoms with Gasteiger partial charge in [-0.1, -0.05) is 18.2 Å². The van der Waals surface area contributed by atoms with Crippen LogP contribution >= 0.6 is 0 Å². The zero-order valence-electron chi connectivity index (χ0n) is 12.9. The second-order valence-electron chi connectivity index (χ2n) is 5.73. The summed E-state index contributed by atoms with van der Waals surface area (Å²) in [5.41, 5.74) is 2.75. The van der Waals surface area contributed by atoms with E-state index in [1.54, 1.807) is 17.0 Å². The molecule has 4 nitrogen and oxygen atoms in total. The van der Waals surface area contributed by atoms with Crippen LogP contribution in [0.1, 0.15) is 22.7 Å². The van der Waals surface area contributed by atoms with Crippen LogP contribution in [-0.2, 0) is 6.42 Å². The molecule has 0 N–H and O–H groups in total. The fraction of sp³-hybridized carbons (Fsp3) is 0.158. The van der Waals surface area contributed by atoms with E-state index >= 15 is 0 Å². The van der Waals surface area contributed by atoms with Crippen molar-refractivity contribution < 1.29 is 13.6 Å². The summed E-state index contributed by atoms with van der Waals surface area (Å²) >= 11 is 0. The number of aromatic nitrogens is 1. The molecule has 4 rings (SSSR count). The molecule has 0 saturated carbocycles. The van der Waals surface area contributed by atoms with Gasteiger partial charge in [-0.15, -0.1) is 0 Å². The number of hydrogen-bond acceptors (Lipinski definition) is 3. The highest BCUT2D eigenvalue weighted by molar-refractivity contribution is 6.03. The molecule has 0 unspecified atom stereocenters. The summed E-state index contributed by atoms with van der Waals surface area (Å²) in [7, 11) is 0. The van der Waals surface area contributed by atoms with Gasteiger partial charge in [0.2, 0.25) is 0 Å². The van der Waals surface area contributed by atoms with E-state index in [1.165, 1.54) is 18.3 Å². The van der Waals surface area contributed by atoms with Crippen molar-refractivity contribution in [3.05, 3.63) is 72.0 Å². The molecule has 0 saturated heterocycles. The van der Waals surface area contributed by atoms with Gasteiger partial charge >= 0.3 is 5.91 Å². The minimum Gasteiger partial charge on any atom is -0.432 e. The monoisotopic (exact) mass is 322 g/mol. The number of nitrogens with zero attached hydrogens (tertiary/aromatic N) is 2. The van der Waals surface area contributed by atoms with E-state index in [9.17, 15) is 9.18 Å². The lowest BCUT2D eigenvalue weighted by Gasteiger charge is -2.28. The van der Waals surface area contributed by atoms with Gasteiger partial charge in [-0.25, -0.2) is 9.37 Å². The quantitative estimate of drug-likeness (QED) is 0.714. The van der Waals surface area contributed by atoms with Gasteiger partial charge < -0.3 is 9.32 Å². The Morgan fingerprint density at radius 3 is 2.75 bits per heavy atom. The molecule has 2 aromatic carbocycles. The van der Waals surface area contributed by atoms with Gasteiger partial charge in [-0.05, 0) is 48.7 Å². The van der Waals surface area contributed by atoms with E-state index in [0.717, 1.165) is 24.1 Å². The van der Waals surface area contributed by atoms with E-state index in [2.05, 4.69) is 4.98 Å². The maximum atomic E-state index is 13.0. The van der Waals surface area contributed by atoms with Gasteiger partial charge in [-0.3, -0.25) is 4.79 Å². The van der Waals surface area contributed by atoms with Gasteiger partial charge in [0.1, 0.15) is 5.82 Å². The number of rotatable bonds is 2. The Hall–Kier alpha value is -2.95. The van der Waals surface area contributed by atoms with Crippen molar-refractivity contribution in [2.75, 3.05) is 11.4 Å². The topological polar surface area (TPSA) is 46.3 Å². The predicted octanol–water partition coefficient (Wildman–Crippen LogP) is 4.07. The SMILES string of the molecule is O=C(c1ncc(-c2ccc(F)cc2)o1)N1CCCc2ccccc21. The van der Waals surface area contributed by atoms with Crippen LogP contribution < -0.4 is 4.90 Å². The molecule has 1 aromatic heterocycles. The molecule has 0 radical (unpaired) electrons. The first-order chi connectivity index (χ1) is 11.7. The maximum Gasteiger partial charge on any atom is 0.314 e. The van der Waals surface area contributed by atoms with E-state index in [-0.39, 0.29) is 17.6 Å². The third-order valence-electron chi connectivity index (χ3n) is 4.17. The first-order valence-electron chi connectivity index (χ1n) is 7.84. The number of anilines is 1. The third kappa shape index (κ3) is 2.58. The number of para-hydroxylation sites is 1. The first-order valence-corrected chi connectivity index (χ1v) is 7.84. The Kier molecular flexibility index (Phi) is 3.61. The largest absolute Gasteiger partial charge is 0.432 e. The summed E-state index contributed by atoms with van der Waals surface area (Å²) in [6.45, 7) is 0.643. The Balaban J connectivity index is 1.63. The van der Waals surface area contributed by atoms with Crippen LogP contribution in [-0.4, -0.2) is 17.4 Å². The molecule has 120 valence electrons. The molecule has 0 fully saturated rings. The van der Waals surface area contributed by atoms with Crippen molar-refractivity contribution in [2.24, 2.45) is 0 Å². The number of carbonyl (C=O) groups excluding carboxylic acids is 1. The Bertz CT molecular complexity index is 886. The average Bonchev–Trinajstić information content (AvgIpc) is 3.11. The zero-order valence-corrected chi connectivity index (χ0v) is 12.9. The number of amides is 1. The molecule has 1 aliphatic rings. The van der Waals surface area contributed by atoms with Gasteiger partial charge in [-0.2, -0.15) is 0 Å². The van der Waals surface area contributed by atoms with Crippen LogP contribution in [0.15, 0.2) is 59.1 Å². The molecule has 1 amide bonds. The van der Waals surface area contributed by atoms with Crippen molar-refractivity contribution in [3.63, 3.8) is 0 Å². The molecule has 1 aliphatic heterocycles. The van der Waals surface area contributed by atoms with Crippen LogP contribution in [0, 0.1) is 5.82 Å². The molecule has 3 aromatic rings. The molecule has 2 heterocycles. The number of fused-ring (bicyclic) bond motifs is 1. The van der Waals surface area contributed by atoms with Gasteiger partial charge in [0.25, 0.3) is 5.89 Å². The van der Waals surface area contributed by atoms with Crippen LogP contribution in [0.5, 0.6) is 0 Å². The van der Waals surface area contributed by atoms with Crippen molar-refractivity contribution >= 4 is 11.6 Å². The number of aryl methyl sites for hydroxylation is 1. The summed E-state index contributed by atoms with van der Waals surface area (Å²) < 4.78 is 18.6. The molecule has 5 heteroatoms. The maximum absolute atomic E-state index is 13.0. The molecule has 0 bridgehead atoms. The highest BCUT2D eigenvalue weighted by Gasteiger charge is 2.26. The summed E-state index contributed by atoms with van der Waals surface area (Å²) in [6, 6.07) is 13.8. The van der Waals surface area contributed by atoms with Crippen LogP contribution in [0.25, 0.3) is 11.3 Å². The van der Waals surface area contributed by atoms with Crippen molar-refractivity contribution in [2.45, 2.75) is 12.8 Å². The minimum atomic E-state index is -0.320. The number of halogens is 1. The number of carbonyl (C=O) groups is 1. The molecule has 0 aliphatic carbocycles. The van der Waals surface area contributed by atoms with Crippen molar-refractivity contribution in [1.29, 1.82) is 0 Å². The van der Waals surface area contributed by atoms with Crippen molar-refractivity contribution in [1.82, 2.24) is 4.98 Å². The van der Waals surface area contributed by atoms with Gasteiger partial charge in [0.15, 0.2) is 5.76 Å². The molecule has 24 heavy (non-hydrogen) atoms. The standard InChI is InChI=1S/C19H15FN2O2/c20-15-9-7-14(8-10-15)17-12-21-18(24-17)19(23)22-11-3-5-13-4-1-2-6-16(13)22/h1-2,4,6-10,12H,3,5,11H2. The predicted molar refractivity (Wildman–Crippen MR) is 88.3 cm³/mol. The van der Waals surface area contributed by atoms with Crippen molar-refractivity contribution in [3.8, 4) is 11.3 Å². The number of benzene rings is 2. The van der Waals surface area contributed by atoms with Gasteiger partial charge in [0.05, 0.1) is 6.20 Å². The number of oxazole rings is 1.